The van der Waals surface area contributed by atoms with Crippen LogP contribution in [0.15, 0.2) is 47.9 Å². The second-order valence-electron chi connectivity index (χ2n) is 6.27. The molecule has 0 spiro atoms. The third-order valence-corrected chi connectivity index (χ3v) is 4.69. The van der Waals surface area contributed by atoms with Gasteiger partial charge in [-0.05, 0) is 43.7 Å². The number of nitrogens with one attached hydrogen (secondary N) is 1. The van der Waals surface area contributed by atoms with Crippen molar-refractivity contribution >= 4 is 35.0 Å². The molecule has 0 fully saturated rings. The molecular formula is C23H29ClF3NO2S. The van der Waals surface area contributed by atoms with Crippen molar-refractivity contribution in [3.05, 3.63) is 71.0 Å². The Bertz CT molecular complexity index is 811. The van der Waals surface area contributed by atoms with E-state index in [0.717, 1.165) is 19.3 Å². The summed E-state index contributed by atoms with van der Waals surface area (Å²) in [7, 11) is 0. The minimum Gasteiger partial charge on any atom is -0.396 e. The van der Waals surface area contributed by atoms with E-state index in [9.17, 15) is 18.0 Å². The molecule has 8 heteroatoms. The maximum absolute atomic E-state index is 13.1. The number of anilines is 1. The first-order chi connectivity index (χ1) is 14.7. The van der Waals surface area contributed by atoms with Gasteiger partial charge in [0.25, 0.3) is 5.91 Å². The Labute approximate surface area is 191 Å². The number of hydrogen-bond donors (Lipinski definition) is 2. The topological polar surface area (TPSA) is 49.3 Å². The first-order valence-electron chi connectivity index (χ1n) is 9.76. The van der Waals surface area contributed by atoms with Crippen molar-refractivity contribution in [2.45, 2.75) is 44.4 Å². The van der Waals surface area contributed by atoms with Crippen molar-refractivity contribution in [2.75, 3.05) is 18.2 Å². The molecule has 2 aromatic carbocycles. The average molecular weight is 476 g/mol. The Balaban J connectivity index is 0.000000756. The lowest BCUT2D eigenvalue weighted by molar-refractivity contribution is 0.102. The van der Waals surface area contributed by atoms with Crippen LogP contribution in [0, 0.1) is 17.5 Å². The van der Waals surface area contributed by atoms with E-state index in [-0.39, 0.29) is 11.3 Å². The van der Waals surface area contributed by atoms with Gasteiger partial charge in [0.05, 0.1) is 5.02 Å². The molecule has 0 aromatic heterocycles. The van der Waals surface area contributed by atoms with Gasteiger partial charge in [-0.25, -0.2) is 13.2 Å². The van der Waals surface area contributed by atoms with E-state index >= 15 is 0 Å². The fourth-order valence-corrected chi connectivity index (χ4v) is 2.89. The highest BCUT2D eigenvalue weighted by Crippen LogP contribution is 2.26. The van der Waals surface area contributed by atoms with Gasteiger partial charge in [-0.3, -0.25) is 4.79 Å². The predicted octanol–water partition coefficient (Wildman–Crippen LogP) is 7.48. The zero-order chi connectivity index (χ0) is 23.8. The van der Waals surface area contributed by atoms with Crippen LogP contribution in [-0.2, 0) is 0 Å². The first-order valence-corrected chi connectivity index (χ1v) is 11.4. The summed E-state index contributed by atoms with van der Waals surface area (Å²) < 4.78 is 39.0. The molecule has 31 heavy (non-hydrogen) atoms. The number of hydrogen-bond acceptors (Lipinski definition) is 3. The molecule has 2 N–H and O–H groups in total. The van der Waals surface area contributed by atoms with Crippen molar-refractivity contribution < 1.29 is 23.1 Å². The van der Waals surface area contributed by atoms with Crippen molar-refractivity contribution in [3.8, 4) is 0 Å². The van der Waals surface area contributed by atoms with E-state index in [1.165, 1.54) is 24.2 Å². The molecule has 0 saturated carbocycles. The zero-order valence-electron chi connectivity index (χ0n) is 18.0. The van der Waals surface area contributed by atoms with Crippen LogP contribution in [0.2, 0.25) is 5.02 Å². The van der Waals surface area contributed by atoms with Crippen LogP contribution >= 0.6 is 23.4 Å². The minimum atomic E-state index is -1.58. The van der Waals surface area contributed by atoms with Crippen LogP contribution in [0.1, 0.15) is 49.9 Å². The summed E-state index contributed by atoms with van der Waals surface area (Å²) in [5.74, 6) is -4.89. The van der Waals surface area contributed by atoms with Gasteiger partial charge < -0.3 is 10.4 Å². The van der Waals surface area contributed by atoms with Gasteiger partial charge in [-0.2, -0.15) is 0 Å². The number of unbranched alkanes of at least 4 members (excludes halogenated alkanes) is 2. The first kappa shape index (κ1) is 29.0. The van der Waals surface area contributed by atoms with Gasteiger partial charge in [0.15, 0.2) is 17.5 Å². The van der Waals surface area contributed by atoms with E-state index in [4.69, 9.17) is 16.7 Å². The molecule has 2 aromatic rings. The number of carbonyl (C=O) groups excluding carboxylic acids is 1. The van der Waals surface area contributed by atoms with Crippen LogP contribution in [0.4, 0.5) is 18.9 Å². The van der Waals surface area contributed by atoms with Gasteiger partial charge >= 0.3 is 0 Å². The van der Waals surface area contributed by atoms with E-state index in [0.29, 0.717) is 28.7 Å². The van der Waals surface area contributed by atoms with Crippen molar-refractivity contribution in [3.63, 3.8) is 0 Å². The predicted molar refractivity (Wildman–Crippen MR) is 125 cm³/mol. The Morgan fingerprint density at radius 2 is 1.74 bits per heavy atom. The second kappa shape index (κ2) is 16.7. The molecule has 2 rings (SSSR count). The van der Waals surface area contributed by atoms with Crippen molar-refractivity contribution in [2.24, 2.45) is 0 Å². The highest BCUT2D eigenvalue weighted by atomic mass is 35.5. The van der Waals surface area contributed by atoms with Gasteiger partial charge in [-0.15, -0.1) is 18.3 Å². The zero-order valence-corrected chi connectivity index (χ0v) is 19.6. The molecule has 0 aliphatic heterocycles. The fraction of sp³-hybridized carbons (Fsp3) is 0.348. The molecule has 0 atom stereocenters. The molecule has 0 heterocycles. The molecule has 0 unspecified atom stereocenters. The lowest BCUT2D eigenvalue weighted by Crippen LogP contribution is -2.12. The Kier molecular flexibility index (Phi) is 15.6. The maximum Gasteiger partial charge on any atom is 0.255 e. The van der Waals surface area contributed by atoms with Gasteiger partial charge in [0.1, 0.15) is 0 Å². The molecule has 3 nitrogen and oxygen atoms in total. The van der Waals surface area contributed by atoms with Gasteiger partial charge in [0, 0.05) is 34.9 Å². The highest BCUT2D eigenvalue weighted by Gasteiger charge is 2.14. The molecule has 0 radical (unpaired) electrons. The SMILES string of the molecule is C=CCCCCO.CCC.CSc1cc(C(=O)Nc2cc(F)c(F)c(F)c2)ccc1Cl. The largest absolute Gasteiger partial charge is 0.396 e. The number of halogens is 4. The van der Waals surface area contributed by atoms with E-state index in [1.807, 2.05) is 6.08 Å². The Morgan fingerprint density at radius 3 is 2.23 bits per heavy atom. The number of aliphatic hydroxyl groups excluding tert-OH is 1. The van der Waals surface area contributed by atoms with Crippen LogP contribution in [0.5, 0.6) is 0 Å². The number of allylic oxidation sites excluding steroid dienone is 1. The normalized spacial score (nSPS) is 9.68. The van der Waals surface area contributed by atoms with Crippen LogP contribution in [0.3, 0.4) is 0 Å². The summed E-state index contributed by atoms with van der Waals surface area (Å²) in [6.07, 6.45) is 7.93. The minimum absolute atomic E-state index is 0.169. The quantitative estimate of drug-likeness (QED) is 0.189. The standard InChI is InChI=1S/C14H9ClF3NOS.C6H12O.C3H8/c1-21-12-4-7(2-3-9(12)15)14(20)19-8-5-10(16)13(18)11(17)6-8;1-2-3-4-5-6-7;1-3-2/h2-6H,1H3,(H,19,20);2,7H,1,3-6H2;3H2,1-2H3. The number of amides is 1. The summed E-state index contributed by atoms with van der Waals surface area (Å²) >= 11 is 7.29. The number of benzene rings is 2. The average Bonchev–Trinajstić information content (AvgIpc) is 2.73. The molecular weight excluding hydrogens is 447 g/mol. The van der Waals surface area contributed by atoms with Crippen molar-refractivity contribution in [1.82, 2.24) is 0 Å². The van der Waals surface area contributed by atoms with Gasteiger partial charge in [0.2, 0.25) is 0 Å². The van der Waals surface area contributed by atoms with Gasteiger partial charge in [-0.1, -0.05) is 37.9 Å². The van der Waals surface area contributed by atoms with E-state index in [2.05, 4.69) is 25.7 Å². The molecule has 1 amide bonds. The third kappa shape index (κ3) is 11.3. The summed E-state index contributed by atoms with van der Waals surface area (Å²) in [5, 5.41) is 11.1. The lowest BCUT2D eigenvalue weighted by atomic mass is 10.2. The van der Waals surface area contributed by atoms with E-state index in [1.54, 1.807) is 18.4 Å². The summed E-state index contributed by atoms with van der Waals surface area (Å²) in [5.41, 5.74) is 0.103. The third-order valence-electron chi connectivity index (χ3n) is 3.47. The Hall–Kier alpha value is -1.96. The van der Waals surface area contributed by atoms with Crippen molar-refractivity contribution in [1.29, 1.82) is 0 Å². The van der Waals surface area contributed by atoms with Crippen LogP contribution in [0.25, 0.3) is 0 Å². The fourth-order valence-electron chi connectivity index (χ4n) is 2.03. The lowest BCUT2D eigenvalue weighted by Gasteiger charge is -2.08. The number of aliphatic hydroxyl groups is 1. The molecule has 0 bridgehead atoms. The molecule has 0 aliphatic carbocycles. The summed E-state index contributed by atoms with van der Waals surface area (Å²) in [6, 6.07) is 6.00. The Morgan fingerprint density at radius 1 is 1.16 bits per heavy atom. The monoisotopic (exact) mass is 475 g/mol. The smallest absolute Gasteiger partial charge is 0.255 e. The number of thioether (sulfide) groups is 1. The summed E-state index contributed by atoms with van der Waals surface area (Å²) in [4.78, 5) is 12.7. The number of rotatable bonds is 7. The summed E-state index contributed by atoms with van der Waals surface area (Å²) in [6.45, 7) is 8.11. The van der Waals surface area contributed by atoms with Crippen LogP contribution < -0.4 is 5.32 Å². The number of carbonyl (C=O) groups is 1. The van der Waals surface area contributed by atoms with Crippen LogP contribution in [-0.4, -0.2) is 23.9 Å². The second-order valence-corrected chi connectivity index (χ2v) is 7.53. The molecule has 172 valence electrons. The van der Waals surface area contributed by atoms with E-state index < -0.39 is 23.4 Å². The maximum atomic E-state index is 13.1. The highest BCUT2D eigenvalue weighted by molar-refractivity contribution is 7.98. The molecule has 0 aliphatic rings. The molecule has 0 saturated heterocycles.